The molecule has 4 nitrogen and oxygen atoms in total. The van der Waals surface area contributed by atoms with Gasteiger partial charge in [0.1, 0.15) is 5.75 Å². The van der Waals surface area contributed by atoms with Crippen LogP contribution in [0.5, 0.6) is 5.75 Å². The summed E-state index contributed by atoms with van der Waals surface area (Å²) in [7, 11) is 0. The fourth-order valence-electron chi connectivity index (χ4n) is 3.90. The lowest BCUT2D eigenvalue weighted by atomic mass is 10.1. The Kier molecular flexibility index (Phi) is 5.58. The topological polar surface area (TPSA) is 45.3 Å². The molecule has 1 aromatic heterocycles. The fraction of sp³-hybridized carbons (Fsp3) is 0.348. The maximum absolute atomic E-state index is 12.7. The summed E-state index contributed by atoms with van der Waals surface area (Å²) in [6.45, 7) is 4.16. The van der Waals surface area contributed by atoms with Gasteiger partial charge in [-0.05, 0) is 49.6 Å². The van der Waals surface area contributed by atoms with Gasteiger partial charge in [0, 0.05) is 42.5 Å². The predicted molar refractivity (Wildman–Crippen MR) is 113 cm³/mol. The van der Waals surface area contributed by atoms with Crippen molar-refractivity contribution in [2.75, 3.05) is 19.7 Å². The summed E-state index contributed by atoms with van der Waals surface area (Å²) in [5, 5.41) is 1.90. The van der Waals surface area contributed by atoms with Crippen molar-refractivity contribution in [3.8, 4) is 5.75 Å². The summed E-state index contributed by atoms with van der Waals surface area (Å²) in [4.78, 5) is 18.2. The lowest BCUT2D eigenvalue weighted by Crippen LogP contribution is -2.33. The first-order chi connectivity index (χ1) is 13.6. The Morgan fingerprint density at radius 2 is 2.00 bits per heavy atom. The number of carbonyl (C=O) groups excluding carboxylic acids is 1. The van der Waals surface area contributed by atoms with Crippen molar-refractivity contribution in [3.05, 3.63) is 64.3 Å². The zero-order valence-corrected chi connectivity index (χ0v) is 16.9. The number of nitrogens with one attached hydrogen (secondary N) is 1. The molecule has 28 heavy (non-hydrogen) atoms. The van der Waals surface area contributed by atoms with Gasteiger partial charge in [-0.25, -0.2) is 0 Å². The number of carbonyl (C=O) groups is 1. The van der Waals surface area contributed by atoms with Crippen molar-refractivity contribution >= 4 is 28.4 Å². The maximum atomic E-state index is 12.7. The Labute approximate surface area is 170 Å². The van der Waals surface area contributed by atoms with Gasteiger partial charge in [-0.1, -0.05) is 35.4 Å². The second kappa shape index (κ2) is 8.27. The highest BCUT2D eigenvalue weighted by Crippen LogP contribution is 2.27. The van der Waals surface area contributed by atoms with Gasteiger partial charge >= 0.3 is 0 Å². The number of ether oxygens (including phenoxy) is 1. The molecule has 0 aliphatic carbocycles. The zero-order valence-electron chi connectivity index (χ0n) is 16.1. The first-order valence-electron chi connectivity index (χ1n) is 9.87. The monoisotopic (exact) mass is 396 g/mol. The molecule has 5 heteroatoms. The van der Waals surface area contributed by atoms with Crippen LogP contribution in [0.2, 0.25) is 5.02 Å². The number of benzene rings is 2. The molecule has 0 saturated heterocycles. The van der Waals surface area contributed by atoms with Crippen molar-refractivity contribution in [1.29, 1.82) is 0 Å². The average molecular weight is 397 g/mol. The maximum Gasteiger partial charge on any atom is 0.222 e. The highest BCUT2D eigenvalue weighted by atomic mass is 35.5. The van der Waals surface area contributed by atoms with E-state index in [2.05, 4.69) is 30.1 Å². The van der Waals surface area contributed by atoms with Gasteiger partial charge in [-0.2, -0.15) is 0 Å². The molecule has 0 atom stereocenters. The van der Waals surface area contributed by atoms with E-state index in [0.29, 0.717) is 30.2 Å². The molecule has 1 aliphatic rings. The SMILES string of the molecule is Cc1ccc2[nH]c3c(c2c1)CCN(C(=O)CCCOc1ccccc1Cl)CC3. The van der Waals surface area contributed by atoms with Crippen LogP contribution in [0.15, 0.2) is 42.5 Å². The molecular weight excluding hydrogens is 372 g/mol. The third kappa shape index (κ3) is 4.02. The molecule has 0 spiro atoms. The van der Waals surface area contributed by atoms with Crippen molar-refractivity contribution < 1.29 is 9.53 Å². The first-order valence-corrected chi connectivity index (χ1v) is 10.2. The van der Waals surface area contributed by atoms with Crippen molar-refractivity contribution in [2.24, 2.45) is 0 Å². The number of rotatable bonds is 5. The number of hydrogen-bond donors (Lipinski definition) is 1. The average Bonchev–Trinajstić information content (AvgIpc) is 2.89. The molecule has 2 heterocycles. The molecular formula is C23H25ClN2O2. The number of halogens is 1. The van der Waals surface area contributed by atoms with E-state index in [-0.39, 0.29) is 5.91 Å². The summed E-state index contributed by atoms with van der Waals surface area (Å²) < 4.78 is 5.69. The molecule has 3 aromatic rings. The van der Waals surface area contributed by atoms with Gasteiger partial charge in [0.05, 0.1) is 11.6 Å². The van der Waals surface area contributed by atoms with Crippen LogP contribution in [0, 0.1) is 6.92 Å². The minimum absolute atomic E-state index is 0.202. The van der Waals surface area contributed by atoms with Crippen molar-refractivity contribution in [1.82, 2.24) is 9.88 Å². The lowest BCUT2D eigenvalue weighted by molar-refractivity contribution is -0.131. The molecule has 0 fully saturated rings. The van der Waals surface area contributed by atoms with Crippen molar-refractivity contribution in [3.63, 3.8) is 0 Å². The van der Waals surface area contributed by atoms with Gasteiger partial charge in [-0.3, -0.25) is 4.79 Å². The fourth-order valence-corrected chi connectivity index (χ4v) is 4.09. The first kappa shape index (κ1) is 18.9. The molecule has 0 bridgehead atoms. The van der Waals surface area contributed by atoms with Gasteiger partial charge in [0.15, 0.2) is 0 Å². The standard InChI is InChI=1S/C23H25ClN2O2/c1-16-8-9-20-18(15-16)17-10-12-26(13-11-21(17)25-20)23(27)7-4-14-28-22-6-3-2-5-19(22)24/h2-3,5-6,8-9,15,25H,4,7,10-14H2,1H3. The smallest absolute Gasteiger partial charge is 0.222 e. The highest BCUT2D eigenvalue weighted by molar-refractivity contribution is 6.32. The number of aromatic nitrogens is 1. The summed E-state index contributed by atoms with van der Waals surface area (Å²) in [5.74, 6) is 0.875. The van der Waals surface area contributed by atoms with E-state index in [1.54, 1.807) is 6.07 Å². The third-order valence-electron chi connectivity index (χ3n) is 5.40. The Balaban J connectivity index is 1.31. The number of fused-ring (bicyclic) bond motifs is 3. The third-order valence-corrected chi connectivity index (χ3v) is 5.71. The minimum atomic E-state index is 0.202. The molecule has 4 rings (SSSR count). The summed E-state index contributed by atoms with van der Waals surface area (Å²) in [6, 6.07) is 14.0. The molecule has 2 aromatic carbocycles. The Hall–Kier alpha value is -2.46. The Morgan fingerprint density at radius 1 is 1.18 bits per heavy atom. The molecule has 1 amide bonds. The lowest BCUT2D eigenvalue weighted by Gasteiger charge is -2.20. The second-order valence-electron chi connectivity index (χ2n) is 7.39. The van der Waals surface area contributed by atoms with Gasteiger partial charge < -0.3 is 14.6 Å². The van der Waals surface area contributed by atoms with Gasteiger partial charge in [0.25, 0.3) is 0 Å². The van der Waals surface area contributed by atoms with E-state index in [9.17, 15) is 4.79 Å². The summed E-state index contributed by atoms with van der Waals surface area (Å²) >= 11 is 6.09. The van der Waals surface area contributed by atoms with E-state index in [1.165, 1.54) is 27.7 Å². The summed E-state index contributed by atoms with van der Waals surface area (Å²) in [5.41, 5.74) is 5.12. The van der Waals surface area contributed by atoms with Crippen LogP contribution in [0.4, 0.5) is 0 Å². The number of aryl methyl sites for hydroxylation is 1. The van der Waals surface area contributed by atoms with E-state index >= 15 is 0 Å². The predicted octanol–water partition coefficient (Wildman–Crippen LogP) is 4.92. The number of H-pyrrole nitrogens is 1. The van der Waals surface area contributed by atoms with Gasteiger partial charge in [-0.15, -0.1) is 0 Å². The minimum Gasteiger partial charge on any atom is -0.492 e. The van der Waals surface area contributed by atoms with Crippen LogP contribution in [0.3, 0.4) is 0 Å². The molecule has 0 radical (unpaired) electrons. The number of nitrogens with zero attached hydrogens (tertiary/aromatic N) is 1. The van der Waals surface area contributed by atoms with E-state index in [1.807, 2.05) is 23.1 Å². The van der Waals surface area contributed by atoms with E-state index in [4.69, 9.17) is 16.3 Å². The Bertz CT molecular complexity index is 995. The van der Waals surface area contributed by atoms with Crippen LogP contribution >= 0.6 is 11.6 Å². The van der Waals surface area contributed by atoms with Crippen LogP contribution in [-0.4, -0.2) is 35.5 Å². The van der Waals surface area contributed by atoms with Crippen LogP contribution < -0.4 is 4.74 Å². The zero-order chi connectivity index (χ0) is 19.5. The van der Waals surface area contributed by atoms with Crippen molar-refractivity contribution in [2.45, 2.75) is 32.6 Å². The number of aromatic amines is 1. The summed E-state index contributed by atoms with van der Waals surface area (Å²) in [6.07, 6.45) is 2.97. The van der Waals surface area contributed by atoms with Crippen LogP contribution in [0.25, 0.3) is 10.9 Å². The molecule has 0 unspecified atom stereocenters. The normalized spacial score (nSPS) is 14.0. The second-order valence-corrected chi connectivity index (χ2v) is 7.80. The molecule has 0 saturated carbocycles. The molecule has 146 valence electrons. The highest BCUT2D eigenvalue weighted by Gasteiger charge is 2.21. The molecule has 1 aliphatic heterocycles. The van der Waals surface area contributed by atoms with E-state index < -0.39 is 0 Å². The Morgan fingerprint density at radius 3 is 2.86 bits per heavy atom. The molecule has 1 N–H and O–H groups in total. The van der Waals surface area contributed by atoms with E-state index in [0.717, 1.165) is 25.9 Å². The number of amides is 1. The largest absolute Gasteiger partial charge is 0.492 e. The van der Waals surface area contributed by atoms with Gasteiger partial charge in [0.2, 0.25) is 5.91 Å². The number of para-hydroxylation sites is 1. The van der Waals surface area contributed by atoms with Crippen LogP contribution in [-0.2, 0) is 17.6 Å². The van der Waals surface area contributed by atoms with Crippen LogP contribution in [0.1, 0.15) is 29.7 Å². The quantitative estimate of drug-likeness (QED) is 0.622. The number of hydrogen-bond acceptors (Lipinski definition) is 2.